The van der Waals surface area contributed by atoms with E-state index in [0.29, 0.717) is 12.3 Å². The molecule has 1 aliphatic rings. The van der Waals surface area contributed by atoms with Crippen molar-refractivity contribution in [2.45, 2.75) is 51.0 Å². The number of carboxylic acid groups (broad SMARTS) is 1. The molecule has 1 heterocycles. The number of amides is 1. The summed E-state index contributed by atoms with van der Waals surface area (Å²) in [6.07, 6.45) is 4.35. The van der Waals surface area contributed by atoms with E-state index >= 15 is 0 Å². The van der Waals surface area contributed by atoms with Crippen LogP contribution in [0.3, 0.4) is 0 Å². The Kier molecular flexibility index (Phi) is 4.19. The smallest absolute Gasteiger partial charge is 0.326 e. The molecule has 1 fully saturated rings. The van der Waals surface area contributed by atoms with Crippen molar-refractivity contribution in [3.63, 3.8) is 0 Å². The number of H-pyrrole nitrogens is 1. The number of nitrogens with zero attached hydrogens (tertiary/aromatic N) is 1. The minimum Gasteiger partial charge on any atom is -0.480 e. The Morgan fingerprint density at radius 1 is 1.58 bits per heavy atom. The van der Waals surface area contributed by atoms with Gasteiger partial charge in [0, 0.05) is 11.6 Å². The maximum atomic E-state index is 11.9. The largest absolute Gasteiger partial charge is 0.480 e. The number of nitrogens with one attached hydrogen (secondary N) is 2. The maximum Gasteiger partial charge on any atom is 0.326 e. The lowest BCUT2D eigenvalue weighted by atomic mass is 10.1. The minimum absolute atomic E-state index is 0.268. The van der Waals surface area contributed by atoms with Gasteiger partial charge >= 0.3 is 5.97 Å². The molecular formula is C13H19N3O3. The molecule has 6 nitrogen and oxygen atoms in total. The summed E-state index contributed by atoms with van der Waals surface area (Å²) in [6, 6.07) is 0.875. The fraction of sp³-hybridized carbons (Fsp3) is 0.615. The predicted octanol–water partition coefficient (Wildman–Crippen LogP) is 1.66. The monoisotopic (exact) mass is 265 g/mol. The fourth-order valence-corrected chi connectivity index (χ4v) is 1.95. The van der Waals surface area contributed by atoms with Gasteiger partial charge in [0.2, 0.25) is 0 Å². The van der Waals surface area contributed by atoms with Gasteiger partial charge in [-0.1, -0.05) is 19.8 Å². The number of aromatic amines is 1. The van der Waals surface area contributed by atoms with Gasteiger partial charge in [0.15, 0.2) is 0 Å². The third kappa shape index (κ3) is 3.56. The Bertz CT molecular complexity index is 465. The van der Waals surface area contributed by atoms with Gasteiger partial charge in [0.05, 0.1) is 0 Å². The van der Waals surface area contributed by atoms with Crippen LogP contribution in [0.4, 0.5) is 0 Å². The van der Waals surface area contributed by atoms with Crippen LogP contribution in [-0.4, -0.2) is 33.2 Å². The summed E-state index contributed by atoms with van der Waals surface area (Å²) in [5, 5.41) is 18.4. The fourth-order valence-electron chi connectivity index (χ4n) is 1.95. The number of aliphatic carboxylic acids is 1. The third-order valence-corrected chi connectivity index (χ3v) is 3.30. The molecule has 104 valence electrons. The Hall–Kier alpha value is -1.85. The molecule has 0 aliphatic heterocycles. The van der Waals surface area contributed by atoms with Crippen molar-refractivity contribution in [1.82, 2.24) is 15.5 Å². The number of hydrogen-bond acceptors (Lipinski definition) is 3. The van der Waals surface area contributed by atoms with E-state index in [-0.39, 0.29) is 5.69 Å². The van der Waals surface area contributed by atoms with Crippen molar-refractivity contribution >= 4 is 11.9 Å². The van der Waals surface area contributed by atoms with Crippen molar-refractivity contribution in [1.29, 1.82) is 0 Å². The van der Waals surface area contributed by atoms with Crippen LogP contribution in [0.1, 0.15) is 61.1 Å². The van der Waals surface area contributed by atoms with Gasteiger partial charge in [-0.05, 0) is 25.3 Å². The molecule has 1 aromatic heterocycles. The Balaban J connectivity index is 1.94. The molecule has 1 saturated carbocycles. The normalized spacial score (nSPS) is 16.1. The zero-order chi connectivity index (χ0) is 13.8. The van der Waals surface area contributed by atoms with Gasteiger partial charge in [-0.25, -0.2) is 4.79 Å². The molecule has 1 atom stereocenters. The van der Waals surface area contributed by atoms with Gasteiger partial charge in [-0.15, -0.1) is 0 Å². The Morgan fingerprint density at radius 2 is 2.32 bits per heavy atom. The number of rotatable bonds is 7. The Labute approximate surface area is 111 Å². The summed E-state index contributed by atoms with van der Waals surface area (Å²) in [5.74, 6) is -0.934. The zero-order valence-corrected chi connectivity index (χ0v) is 11.0. The van der Waals surface area contributed by atoms with E-state index in [9.17, 15) is 9.59 Å². The van der Waals surface area contributed by atoms with Gasteiger partial charge < -0.3 is 10.4 Å². The predicted molar refractivity (Wildman–Crippen MR) is 69.0 cm³/mol. The molecule has 2 rings (SSSR count). The molecule has 0 radical (unpaired) electrons. The van der Waals surface area contributed by atoms with Crippen LogP contribution in [-0.2, 0) is 4.79 Å². The second-order valence-electron chi connectivity index (χ2n) is 4.99. The van der Waals surface area contributed by atoms with Crippen molar-refractivity contribution in [3.8, 4) is 0 Å². The van der Waals surface area contributed by atoms with Gasteiger partial charge in [0.1, 0.15) is 11.7 Å². The van der Waals surface area contributed by atoms with Crippen LogP contribution < -0.4 is 5.32 Å². The first-order chi connectivity index (χ1) is 9.11. The van der Waals surface area contributed by atoms with Gasteiger partial charge in [0.25, 0.3) is 5.91 Å². The first kappa shape index (κ1) is 13.6. The van der Waals surface area contributed by atoms with E-state index in [4.69, 9.17) is 5.11 Å². The van der Waals surface area contributed by atoms with Crippen molar-refractivity contribution in [2.75, 3.05) is 0 Å². The average molecular weight is 265 g/mol. The lowest BCUT2D eigenvalue weighted by molar-refractivity contribution is -0.139. The van der Waals surface area contributed by atoms with Crippen LogP contribution in [0.15, 0.2) is 6.07 Å². The summed E-state index contributed by atoms with van der Waals surface area (Å²) in [4.78, 5) is 23.0. The molecule has 1 amide bonds. The van der Waals surface area contributed by atoms with Crippen LogP contribution in [0.5, 0.6) is 0 Å². The van der Waals surface area contributed by atoms with Crippen LogP contribution in [0.25, 0.3) is 0 Å². The van der Waals surface area contributed by atoms with E-state index in [0.717, 1.165) is 31.4 Å². The topological polar surface area (TPSA) is 95.1 Å². The number of unbranched alkanes of at least 4 members (excludes halogenated alkanes) is 1. The average Bonchev–Trinajstić information content (AvgIpc) is 3.11. The van der Waals surface area contributed by atoms with E-state index < -0.39 is 17.9 Å². The Morgan fingerprint density at radius 3 is 2.89 bits per heavy atom. The maximum absolute atomic E-state index is 11.9. The number of carboxylic acids is 1. The van der Waals surface area contributed by atoms with Crippen molar-refractivity contribution in [3.05, 3.63) is 17.5 Å². The van der Waals surface area contributed by atoms with E-state index in [1.807, 2.05) is 6.92 Å². The second-order valence-corrected chi connectivity index (χ2v) is 4.99. The van der Waals surface area contributed by atoms with Crippen molar-refractivity contribution < 1.29 is 14.7 Å². The molecule has 19 heavy (non-hydrogen) atoms. The molecule has 1 aliphatic carbocycles. The lowest BCUT2D eigenvalue weighted by Gasteiger charge is -2.12. The molecule has 0 bridgehead atoms. The molecule has 0 aromatic carbocycles. The highest BCUT2D eigenvalue weighted by Crippen LogP contribution is 2.38. The highest BCUT2D eigenvalue weighted by Gasteiger charge is 2.27. The molecule has 0 saturated heterocycles. The second kappa shape index (κ2) is 5.86. The van der Waals surface area contributed by atoms with E-state index in [1.54, 1.807) is 6.07 Å². The van der Waals surface area contributed by atoms with Crippen LogP contribution in [0.2, 0.25) is 0 Å². The van der Waals surface area contributed by atoms with E-state index in [2.05, 4.69) is 15.5 Å². The van der Waals surface area contributed by atoms with Crippen molar-refractivity contribution in [2.24, 2.45) is 0 Å². The molecule has 0 spiro atoms. The molecular weight excluding hydrogens is 246 g/mol. The standard InChI is InChI=1S/C13H19N3O3/c1-2-3-4-9(13(18)19)14-12(17)11-7-10(15-16-11)8-5-6-8/h7-9H,2-6H2,1H3,(H,14,17)(H,15,16)(H,18,19)/t9-/m0/s1. The SMILES string of the molecule is CCCC[C@H](NC(=O)c1cc(C2CC2)[nH]n1)C(=O)O. The van der Waals surface area contributed by atoms with Crippen LogP contribution >= 0.6 is 0 Å². The number of hydrogen-bond donors (Lipinski definition) is 3. The quantitative estimate of drug-likeness (QED) is 0.698. The molecule has 0 unspecified atom stereocenters. The summed E-state index contributed by atoms with van der Waals surface area (Å²) in [5.41, 5.74) is 1.23. The summed E-state index contributed by atoms with van der Waals surface area (Å²) >= 11 is 0. The first-order valence-corrected chi connectivity index (χ1v) is 6.70. The number of carbonyl (C=O) groups is 2. The third-order valence-electron chi connectivity index (χ3n) is 3.30. The zero-order valence-electron chi connectivity index (χ0n) is 11.0. The highest BCUT2D eigenvalue weighted by atomic mass is 16.4. The molecule has 6 heteroatoms. The summed E-state index contributed by atoms with van der Waals surface area (Å²) in [6.45, 7) is 1.98. The lowest BCUT2D eigenvalue weighted by Crippen LogP contribution is -2.40. The number of carbonyl (C=O) groups excluding carboxylic acids is 1. The van der Waals surface area contributed by atoms with Gasteiger partial charge in [-0.3, -0.25) is 9.89 Å². The molecule has 3 N–H and O–H groups in total. The summed E-state index contributed by atoms with van der Waals surface area (Å²) < 4.78 is 0. The molecule has 1 aromatic rings. The highest BCUT2D eigenvalue weighted by molar-refractivity contribution is 5.95. The number of aromatic nitrogens is 2. The summed E-state index contributed by atoms with van der Waals surface area (Å²) in [7, 11) is 0. The van der Waals surface area contributed by atoms with E-state index in [1.165, 1.54) is 0 Å². The first-order valence-electron chi connectivity index (χ1n) is 6.70. The van der Waals surface area contributed by atoms with Gasteiger partial charge in [-0.2, -0.15) is 5.10 Å². The van der Waals surface area contributed by atoms with Crippen LogP contribution in [0, 0.1) is 0 Å². The minimum atomic E-state index is -1.00.